The first-order valence-corrected chi connectivity index (χ1v) is 6.84. The van der Waals surface area contributed by atoms with Crippen molar-refractivity contribution in [2.45, 2.75) is 6.04 Å². The van der Waals surface area contributed by atoms with Crippen LogP contribution in [0.25, 0.3) is 10.9 Å². The molecule has 5 nitrogen and oxygen atoms in total. The molecule has 4 N–H and O–H groups in total. The maximum absolute atomic E-state index is 11.3. The van der Waals surface area contributed by atoms with Gasteiger partial charge in [0.25, 0.3) is 5.91 Å². The molecule has 0 aliphatic heterocycles. The van der Waals surface area contributed by atoms with Crippen LogP contribution in [0.2, 0.25) is 0 Å². The Balaban J connectivity index is 1.99. The van der Waals surface area contributed by atoms with Crippen molar-refractivity contribution in [3.63, 3.8) is 0 Å². The molecule has 1 atom stereocenters. The highest BCUT2D eigenvalue weighted by Gasteiger charge is 2.13. The Kier molecular flexibility index (Phi) is 3.82. The van der Waals surface area contributed by atoms with Crippen LogP contribution in [0.1, 0.15) is 27.5 Å². The van der Waals surface area contributed by atoms with Crippen molar-refractivity contribution in [1.29, 1.82) is 0 Å². The molecule has 1 unspecified atom stereocenters. The molecule has 110 valence electrons. The van der Waals surface area contributed by atoms with E-state index in [4.69, 9.17) is 10.9 Å². The zero-order valence-corrected chi connectivity index (χ0v) is 11.7. The average molecular weight is 293 g/mol. The number of benzene rings is 2. The minimum Gasteiger partial charge on any atom is -0.320 e. The van der Waals surface area contributed by atoms with Crippen molar-refractivity contribution in [1.82, 2.24) is 10.5 Å². The first-order valence-electron chi connectivity index (χ1n) is 6.84. The average Bonchev–Trinajstić information content (AvgIpc) is 2.60. The van der Waals surface area contributed by atoms with Crippen molar-refractivity contribution in [2.24, 2.45) is 5.73 Å². The van der Waals surface area contributed by atoms with E-state index < -0.39 is 5.91 Å². The molecule has 0 saturated heterocycles. The summed E-state index contributed by atoms with van der Waals surface area (Å²) < 4.78 is 0. The zero-order chi connectivity index (χ0) is 15.5. The summed E-state index contributed by atoms with van der Waals surface area (Å²) in [5.74, 6) is -0.549. The van der Waals surface area contributed by atoms with Gasteiger partial charge in [-0.3, -0.25) is 15.0 Å². The molecule has 0 fully saturated rings. The maximum atomic E-state index is 11.3. The van der Waals surface area contributed by atoms with E-state index in [9.17, 15) is 4.79 Å². The number of nitrogens with zero attached hydrogens (tertiary/aromatic N) is 1. The fraction of sp³-hybridized carbons (Fsp3) is 0.0588. The summed E-state index contributed by atoms with van der Waals surface area (Å²) in [5, 5.41) is 9.66. The summed E-state index contributed by atoms with van der Waals surface area (Å²) in [7, 11) is 0. The highest BCUT2D eigenvalue weighted by atomic mass is 16.5. The first-order chi connectivity index (χ1) is 10.7. The summed E-state index contributed by atoms with van der Waals surface area (Å²) in [6, 6.07) is 16.2. The van der Waals surface area contributed by atoms with Crippen LogP contribution in [0.15, 0.2) is 60.8 Å². The molecule has 0 aliphatic carbocycles. The molecule has 0 saturated carbocycles. The fourth-order valence-corrected chi connectivity index (χ4v) is 2.46. The molecule has 3 aromatic rings. The smallest absolute Gasteiger partial charge is 0.274 e. The van der Waals surface area contributed by atoms with Gasteiger partial charge in [-0.1, -0.05) is 36.4 Å². The van der Waals surface area contributed by atoms with E-state index in [1.165, 1.54) is 0 Å². The van der Waals surface area contributed by atoms with Gasteiger partial charge in [-0.25, -0.2) is 5.48 Å². The largest absolute Gasteiger partial charge is 0.320 e. The van der Waals surface area contributed by atoms with Crippen LogP contribution >= 0.6 is 0 Å². The van der Waals surface area contributed by atoms with Crippen LogP contribution < -0.4 is 11.2 Å². The summed E-state index contributed by atoms with van der Waals surface area (Å²) >= 11 is 0. The Morgan fingerprint density at radius 1 is 1.09 bits per heavy atom. The molecule has 2 aromatic carbocycles. The Morgan fingerprint density at radius 2 is 1.82 bits per heavy atom. The number of pyridine rings is 1. The predicted molar refractivity (Wildman–Crippen MR) is 83.5 cm³/mol. The van der Waals surface area contributed by atoms with Crippen LogP contribution in [0.4, 0.5) is 0 Å². The number of fused-ring (bicyclic) bond motifs is 1. The third-order valence-electron chi connectivity index (χ3n) is 3.63. The van der Waals surface area contributed by atoms with Crippen molar-refractivity contribution < 1.29 is 10.0 Å². The highest BCUT2D eigenvalue weighted by molar-refractivity contribution is 5.93. The van der Waals surface area contributed by atoms with Crippen LogP contribution in [-0.4, -0.2) is 16.1 Å². The van der Waals surface area contributed by atoms with E-state index >= 15 is 0 Å². The van der Waals surface area contributed by atoms with Crippen molar-refractivity contribution in [3.8, 4) is 0 Å². The molecule has 1 aromatic heterocycles. The standard InChI is InChI=1S/C17H15N3O2/c18-15(11-6-8-13(9-7-11)17(21)20-22)14-5-1-3-12-4-2-10-19-16(12)14/h1-10,15,22H,18H2,(H,20,21). The quantitative estimate of drug-likeness (QED) is 0.511. The number of nitrogens with one attached hydrogen (secondary N) is 1. The van der Waals surface area contributed by atoms with Gasteiger partial charge < -0.3 is 5.73 Å². The van der Waals surface area contributed by atoms with Crippen LogP contribution in [0, 0.1) is 0 Å². The second kappa shape index (κ2) is 5.93. The molecule has 1 heterocycles. The number of para-hydroxylation sites is 1. The second-order valence-corrected chi connectivity index (χ2v) is 4.96. The third-order valence-corrected chi connectivity index (χ3v) is 3.63. The van der Waals surface area contributed by atoms with Gasteiger partial charge in [-0.05, 0) is 29.3 Å². The molecule has 1 amide bonds. The van der Waals surface area contributed by atoms with Gasteiger partial charge in [0.05, 0.1) is 11.6 Å². The van der Waals surface area contributed by atoms with Crippen molar-refractivity contribution >= 4 is 16.8 Å². The molecule has 0 spiro atoms. The predicted octanol–water partition coefficient (Wildman–Crippen LogP) is 2.40. The van der Waals surface area contributed by atoms with E-state index in [1.807, 2.05) is 30.3 Å². The van der Waals surface area contributed by atoms with E-state index in [2.05, 4.69) is 4.98 Å². The number of nitrogens with two attached hydrogens (primary N) is 1. The topological polar surface area (TPSA) is 88.2 Å². The number of hydrogen-bond acceptors (Lipinski definition) is 4. The molecule has 22 heavy (non-hydrogen) atoms. The van der Waals surface area contributed by atoms with Gasteiger partial charge in [0.1, 0.15) is 0 Å². The lowest BCUT2D eigenvalue weighted by atomic mass is 9.96. The summed E-state index contributed by atoms with van der Waals surface area (Å²) in [5.41, 5.74) is 11.0. The Bertz CT molecular complexity index is 810. The van der Waals surface area contributed by atoms with Gasteiger partial charge >= 0.3 is 0 Å². The molecule has 5 heteroatoms. The number of hydroxylamine groups is 1. The molecule has 0 bridgehead atoms. The SMILES string of the molecule is NC(c1ccc(C(=O)NO)cc1)c1cccc2cccnc12. The zero-order valence-electron chi connectivity index (χ0n) is 11.7. The lowest BCUT2D eigenvalue weighted by Crippen LogP contribution is -2.19. The number of carbonyl (C=O) groups excluding carboxylic acids is 1. The lowest BCUT2D eigenvalue weighted by Gasteiger charge is -2.15. The normalized spacial score (nSPS) is 12.1. The number of aromatic nitrogens is 1. The fourth-order valence-electron chi connectivity index (χ4n) is 2.46. The van der Waals surface area contributed by atoms with Gasteiger partial charge in [0.2, 0.25) is 0 Å². The Morgan fingerprint density at radius 3 is 2.55 bits per heavy atom. The number of carbonyl (C=O) groups is 1. The van der Waals surface area contributed by atoms with Crippen LogP contribution in [0.3, 0.4) is 0 Å². The highest BCUT2D eigenvalue weighted by Crippen LogP contribution is 2.26. The molecule has 0 aliphatic rings. The molecule has 0 radical (unpaired) electrons. The minimum absolute atomic E-state index is 0.343. The number of hydrogen-bond donors (Lipinski definition) is 3. The maximum Gasteiger partial charge on any atom is 0.274 e. The third kappa shape index (κ3) is 2.55. The van der Waals surface area contributed by atoms with Crippen LogP contribution in [0.5, 0.6) is 0 Å². The van der Waals surface area contributed by atoms with Crippen LogP contribution in [-0.2, 0) is 0 Å². The van der Waals surface area contributed by atoms with Gasteiger partial charge in [-0.2, -0.15) is 0 Å². The monoisotopic (exact) mass is 293 g/mol. The summed E-state index contributed by atoms with van der Waals surface area (Å²) in [4.78, 5) is 15.7. The lowest BCUT2D eigenvalue weighted by molar-refractivity contribution is 0.0706. The van der Waals surface area contributed by atoms with E-state index in [0.29, 0.717) is 5.56 Å². The number of amides is 1. The van der Waals surface area contributed by atoms with Crippen molar-refractivity contribution in [2.75, 3.05) is 0 Å². The van der Waals surface area contributed by atoms with Crippen molar-refractivity contribution in [3.05, 3.63) is 77.5 Å². The van der Waals surface area contributed by atoms with E-state index in [1.54, 1.807) is 35.9 Å². The first kappa shape index (κ1) is 14.2. The van der Waals surface area contributed by atoms with Gasteiger partial charge in [0, 0.05) is 17.1 Å². The minimum atomic E-state index is -0.549. The molecular formula is C17H15N3O2. The van der Waals surface area contributed by atoms with Gasteiger partial charge in [-0.15, -0.1) is 0 Å². The molecule has 3 rings (SSSR count). The van der Waals surface area contributed by atoms with Gasteiger partial charge in [0.15, 0.2) is 0 Å². The molecular weight excluding hydrogens is 278 g/mol. The Labute approximate surface area is 127 Å². The van der Waals surface area contributed by atoms with E-state index in [0.717, 1.165) is 22.0 Å². The van der Waals surface area contributed by atoms with E-state index in [-0.39, 0.29) is 6.04 Å². The summed E-state index contributed by atoms with van der Waals surface area (Å²) in [6.45, 7) is 0. The number of rotatable bonds is 3. The second-order valence-electron chi connectivity index (χ2n) is 4.96. The Hall–Kier alpha value is -2.76. The summed E-state index contributed by atoms with van der Waals surface area (Å²) in [6.07, 6.45) is 1.74.